The highest BCUT2D eigenvalue weighted by Crippen LogP contribution is 2.28. The van der Waals surface area contributed by atoms with Gasteiger partial charge >= 0.3 is 0 Å². The number of carbonyl (C=O) groups is 1. The summed E-state index contributed by atoms with van der Waals surface area (Å²) in [5, 5.41) is 15.3. The van der Waals surface area contributed by atoms with Gasteiger partial charge in [0.25, 0.3) is 11.6 Å². The second-order valence-corrected chi connectivity index (χ2v) is 7.81. The Kier molecular flexibility index (Phi) is 5.96. The third-order valence-corrected chi connectivity index (χ3v) is 5.30. The average Bonchev–Trinajstić information content (AvgIpc) is 3.04. The zero-order chi connectivity index (χ0) is 19.6. The third-order valence-electron chi connectivity index (χ3n) is 3.55. The zero-order valence-electron chi connectivity index (χ0n) is 13.4. The molecule has 6 nitrogen and oxygen atoms in total. The Morgan fingerprint density at radius 3 is 2.59 bits per heavy atom. The second-order valence-electron chi connectivity index (χ2n) is 5.42. The van der Waals surface area contributed by atoms with Gasteiger partial charge in [0.15, 0.2) is 5.13 Å². The maximum absolute atomic E-state index is 12.4. The molecule has 1 aromatic heterocycles. The van der Waals surface area contributed by atoms with Gasteiger partial charge in [-0.3, -0.25) is 20.2 Å². The molecular formula is C17H10Cl3N3O3S. The Morgan fingerprint density at radius 1 is 1.15 bits per heavy atom. The van der Waals surface area contributed by atoms with Crippen molar-refractivity contribution in [1.82, 2.24) is 4.98 Å². The number of halogens is 3. The molecular weight excluding hydrogens is 433 g/mol. The van der Waals surface area contributed by atoms with Crippen LogP contribution in [0.2, 0.25) is 15.1 Å². The van der Waals surface area contributed by atoms with E-state index in [0.29, 0.717) is 21.6 Å². The first-order valence-corrected chi connectivity index (χ1v) is 9.42. The number of rotatable bonds is 5. The van der Waals surface area contributed by atoms with E-state index in [0.717, 1.165) is 10.4 Å². The number of thiazole rings is 1. The molecule has 0 fully saturated rings. The first-order chi connectivity index (χ1) is 12.8. The molecule has 0 atom stereocenters. The Morgan fingerprint density at radius 2 is 1.85 bits per heavy atom. The molecule has 27 heavy (non-hydrogen) atoms. The number of nitro groups is 1. The largest absolute Gasteiger partial charge is 0.298 e. The summed E-state index contributed by atoms with van der Waals surface area (Å²) in [6.07, 6.45) is 2.09. The lowest BCUT2D eigenvalue weighted by atomic mass is 10.1. The lowest BCUT2D eigenvalue weighted by molar-refractivity contribution is -0.385. The molecule has 1 N–H and O–H groups in total. The highest BCUT2D eigenvalue weighted by molar-refractivity contribution is 7.15. The second kappa shape index (κ2) is 8.22. The van der Waals surface area contributed by atoms with Crippen molar-refractivity contribution in [3.05, 3.63) is 83.8 Å². The average molecular weight is 443 g/mol. The molecule has 10 heteroatoms. The van der Waals surface area contributed by atoms with Crippen molar-refractivity contribution in [2.24, 2.45) is 0 Å². The number of nitro benzene ring substituents is 1. The predicted molar refractivity (Wildman–Crippen MR) is 107 cm³/mol. The van der Waals surface area contributed by atoms with Gasteiger partial charge in [-0.1, -0.05) is 34.8 Å². The molecule has 0 aliphatic heterocycles. The van der Waals surface area contributed by atoms with E-state index in [2.05, 4.69) is 10.3 Å². The first-order valence-electron chi connectivity index (χ1n) is 7.47. The molecule has 0 aliphatic rings. The van der Waals surface area contributed by atoms with Gasteiger partial charge in [0, 0.05) is 38.6 Å². The maximum atomic E-state index is 12.4. The van der Waals surface area contributed by atoms with Crippen molar-refractivity contribution in [3.8, 4) is 0 Å². The van der Waals surface area contributed by atoms with Gasteiger partial charge in [0.2, 0.25) is 0 Å². The minimum absolute atomic E-state index is 0.137. The van der Waals surface area contributed by atoms with E-state index in [1.54, 1.807) is 24.4 Å². The van der Waals surface area contributed by atoms with Crippen LogP contribution in [0.4, 0.5) is 10.8 Å². The molecule has 0 saturated carbocycles. The number of anilines is 1. The molecule has 2 aromatic carbocycles. The van der Waals surface area contributed by atoms with Crippen molar-refractivity contribution >= 4 is 62.9 Å². The van der Waals surface area contributed by atoms with Crippen LogP contribution in [-0.2, 0) is 6.42 Å². The molecule has 0 unspecified atom stereocenters. The zero-order valence-corrected chi connectivity index (χ0v) is 16.5. The van der Waals surface area contributed by atoms with Crippen LogP contribution >= 0.6 is 46.1 Å². The molecule has 0 radical (unpaired) electrons. The van der Waals surface area contributed by atoms with Crippen LogP contribution in [0.5, 0.6) is 0 Å². The van der Waals surface area contributed by atoms with Gasteiger partial charge in [-0.25, -0.2) is 4.98 Å². The molecule has 138 valence electrons. The van der Waals surface area contributed by atoms with Gasteiger partial charge in [0.1, 0.15) is 5.56 Å². The normalized spacial score (nSPS) is 10.6. The number of hydrogen-bond donors (Lipinski definition) is 1. The molecule has 1 heterocycles. The smallest absolute Gasteiger partial charge is 0.282 e. The van der Waals surface area contributed by atoms with Crippen molar-refractivity contribution in [2.75, 3.05) is 5.32 Å². The highest BCUT2D eigenvalue weighted by atomic mass is 35.5. The Labute approximate surface area is 172 Å². The van der Waals surface area contributed by atoms with Gasteiger partial charge in [-0.15, -0.1) is 11.3 Å². The fourth-order valence-corrected chi connectivity index (χ4v) is 3.71. The van der Waals surface area contributed by atoms with Crippen LogP contribution in [0.1, 0.15) is 20.8 Å². The Hall–Kier alpha value is -2.19. The summed E-state index contributed by atoms with van der Waals surface area (Å²) in [5.41, 5.74) is 0.359. The Bertz CT molecular complexity index is 1040. The summed E-state index contributed by atoms with van der Waals surface area (Å²) in [7, 11) is 0. The minimum Gasteiger partial charge on any atom is -0.298 e. The topological polar surface area (TPSA) is 85.1 Å². The molecule has 3 aromatic rings. The number of aromatic nitrogens is 1. The fraction of sp³-hybridized carbons (Fsp3) is 0.0588. The van der Waals surface area contributed by atoms with Gasteiger partial charge in [-0.2, -0.15) is 0 Å². The standard InChI is InChI=1S/C17H10Cl3N3O3S/c18-10-1-3-14(20)9(5-10)6-12-8-21-17(27-12)22-16(24)13-7-11(19)2-4-15(13)23(25)26/h1-5,7-8H,6H2,(H,21,22,24). The maximum Gasteiger partial charge on any atom is 0.282 e. The summed E-state index contributed by atoms with van der Waals surface area (Å²) in [6.45, 7) is 0. The molecule has 1 amide bonds. The van der Waals surface area contributed by atoms with Crippen LogP contribution in [0.25, 0.3) is 0 Å². The van der Waals surface area contributed by atoms with Crippen LogP contribution in [-0.4, -0.2) is 15.8 Å². The highest BCUT2D eigenvalue weighted by Gasteiger charge is 2.21. The monoisotopic (exact) mass is 441 g/mol. The molecule has 0 saturated heterocycles. The van der Waals surface area contributed by atoms with E-state index in [1.165, 1.54) is 29.5 Å². The number of nitrogens with one attached hydrogen (secondary N) is 1. The molecule has 0 spiro atoms. The van der Waals surface area contributed by atoms with E-state index in [1.807, 2.05) is 0 Å². The molecule has 3 rings (SSSR count). The number of carbonyl (C=O) groups excluding carboxylic acids is 1. The van der Waals surface area contributed by atoms with Crippen LogP contribution in [0.15, 0.2) is 42.6 Å². The Balaban J connectivity index is 1.78. The van der Waals surface area contributed by atoms with E-state index in [9.17, 15) is 14.9 Å². The van der Waals surface area contributed by atoms with E-state index < -0.39 is 10.8 Å². The lowest BCUT2D eigenvalue weighted by Crippen LogP contribution is -2.13. The molecule has 0 aliphatic carbocycles. The summed E-state index contributed by atoms with van der Waals surface area (Å²) in [5.74, 6) is -0.661. The third kappa shape index (κ3) is 4.75. The number of nitrogens with zero attached hydrogens (tertiary/aromatic N) is 2. The van der Waals surface area contributed by atoms with Crippen molar-refractivity contribution < 1.29 is 9.72 Å². The van der Waals surface area contributed by atoms with Gasteiger partial charge < -0.3 is 0 Å². The minimum atomic E-state index is -0.661. The van der Waals surface area contributed by atoms with Crippen molar-refractivity contribution in [1.29, 1.82) is 0 Å². The number of benzene rings is 2. The van der Waals surface area contributed by atoms with E-state index in [4.69, 9.17) is 34.8 Å². The van der Waals surface area contributed by atoms with E-state index in [-0.39, 0.29) is 16.3 Å². The lowest BCUT2D eigenvalue weighted by Gasteiger charge is -2.04. The van der Waals surface area contributed by atoms with E-state index >= 15 is 0 Å². The first kappa shape index (κ1) is 19.6. The quantitative estimate of drug-likeness (QED) is 0.396. The summed E-state index contributed by atoms with van der Waals surface area (Å²) in [6, 6.07) is 8.95. The van der Waals surface area contributed by atoms with Crippen molar-refractivity contribution in [2.45, 2.75) is 6.42 Å². The van der Waals surface area contributed by atoms with Crippen LogP contribution in [0, 0.1) is 10.1 Å². The molecule has 0 bridgehead atoms. The number of amides is 1. The van der Waals surface area contributed by atoms with Crippen molar-refractivity contribution in [3.63, 3.8) is 0 Å². The summed E-state index contributed by atoms with van der Waals surface area (Å²) < 4.78 is 0. The fourth-order valence-electron chi connectivity index (χ4n) is 2.33. The SMILES string of the molecule is O=C(Nc1ncc(Cc2cc(Cl)ccc2Cl)s1)c1cc(Cl)ccc1[N+](=O)[O-]. The van der Waals surface area contributed by atoms with Crippen LogP contribution in [0.3, 0.4) is 0 Å². The summed E-state index contributed by atoms with van der Waals surface area (Å²) in [4.78, 5) is 27.9. The number of hydrogen-bond acceptors (Lipinski definition) is 5. The van der Waals surface area contributed by atoms with Gasteiger partial charge in [0.05, 0.1) is 4.92 Å². The predicted octanol–water partition coefficient (Wildman–Crippen LogP) is 5.85. The van der Waals surface area contributed by atoms with Gasteiger partial charge in [-0.05, 0) is 35.9 Å². The van der Waals surface area contributed by atoms with Crippen LogP contribution < -0.4 is 5.32 Å². The summed E-state index contributed by atoms with van der Waals surface area (Å²) >= 11 is 19.2.